The summed E-state index contributed by atoms with van der Waals surface area (Å²) < 4.78 is 43.1. The molecule has 2 aromatic carbocycles. The van der Waals surface area contributed by atoms with Crippen molar-refractivity contribution in [3.8, 4) is 0 Å². The molecule has 0 aromatic heterocycles. The van der Waals surface area contributed by atoms with E-state index in [4.69, 9.17) is 0 Å². The fourth-order valence-corrected chi connectivity index (χ4v) is 3.84. The van der Waals surface area contributed by atoms with Gasteiger partial charge < -0.3 is 0 Å². The smallest absolute Gasteiger partial charge is 0.277 e. The third-order valence-electron chi connectivity index (χ3n) is 5.90. The van der Waals surface area contributed by atoms with Gasteiger partial charge >= 0.3 is 6.18 Å². The molecule has 0 aliphatic carbocycles. The fourth-order valence-electron chi connectivity index (χ4n) is 3.84. The minimum Gasteiger partial charge on any atom is -0.277 e. The SMILES string of the molecule is CN1C(=O)c2ccc(C(C)(c3ccc4c(c3)C(=O)N(C)C4=O)C(F)(F)F)cc2C1=O. The van der Waals surface area contributed by atoms with Gasteiger partial charge in [-0.3, -0.25) is 29.0 Å². The monoisotopic (exact) mass is 416 g/mol. The van der Waals surface area contributed by atoms with Crippen LogP contribution in [-0.2, 0) is 5.41 Å². The summed E-state index contributed by atoms with van der Waals surface area (Å²) in [7, 11) is 2.51. The summed E-state index contributed by atoms with van der Waals surface area (Å²) >= 11 is 0. The third-order valence-corrected chi connectivity index (χ3v) is 5.90. The number of nitrogens with zero attached hydrogens (tertiary/aromatic N) is 2. The molecule has 0 N–H and O–H groups in total. The van der Waals surface area contributed by atoms with Crippen molar-refractivity contribution in [2.24, 2.45) is 0 Å². The minimum atomic E-state index is -4.80. The topological polar surface area (TPSA) is 74.8 Å². The third kappa shape index (κ3) is 2.38. The Kier molecular flexibility index (Phi) is 3.97. The molecule has 30 heavy (non-hydrogen) atoms. The largest absolute Gasteiger partial charge is 0.402 e. The number of hydrogen-bond donors (Lipinski definition) is 0. The normalized spacial score (nSPS) is 16.5. The van der Waals surface area contributed by atoms with Crippen LogP contribution in [0.4, 0.5) is 13.2 Å². The molecule has 0 radical (unpaired) electrons. The van der Waals surface area contributed by atoms with E-state index < -0.39 is 35.2 Å². The Morgan fingerprint density at radius 1 is 0.633 bits per heavy atom. The highest BCUT2D eigenvalue weighted by molar-refractivity contribution is 6.22. The zero-order chi connectivity index (χ0) is 22.2. The van der Waals surface area contributed by atoms with Crippen LogP contribution in [0.2, 0.25) is 0 Å². The van der Waals surface area contributed by atoms with E-state index in [1.54, 1.807) is 0 Å². The number of halogens is 3. The van der Waals surface area contributed by atoms with Gasteiger partial charge in [-0.15, -0.1) is 0 Å². The second-order valence-corrected chi connectivity index (χ2v) is 7.48. The van der Waals surface area contributed by atoms with Crippen LogP contribution in [0.1, 0.15) is 59.5 Å². The van der Waals surface area contributed by atoms with Crippen molar-refractivity contribution in [3.05, 3.63) is 69.8 Å². The van der Waals surface area contributed by atoms with E-state index in [9.17, 15) is 32.3 Å². The van der Waals surface area contributed by atoms with Crippen LogP contribution in [0.3, 0.4) is 0 Å². The van der Waals surface area contributed by atoms with Gasteiger partial charge in [-0.05, 0) is 42.3 Å². The lowest BCUT2D eigenvalue weighted by atomic mass is 9.74. The summed E-state index contributed by atoms with van der Waals surface area (Å²) in [6.07, 6.45) is -4.80. The van der Waals surface area contributed by atoms with Gasteiger partial charge in [0.15, 0.2) is 0 Å². The predicted octanol–water partition coefficient (Wildman–Crippen LogP) is 3.01. The average molecular weight is 416 g/mol. The second kappa shape index (κ2) is 6.01. The van der Waals surface area contributed by atoms with Gasteiger partial charge in [0.25, 0.3) is 23.6 Å². The first-order valence-electron chi connectivity index (χ1n) is 8.90. The molecule has 9 heteroatoms. The number of hydrogen-bond acceptors (Lipinski definition) is 4. The van der Waals surface area contributed by atoms with Gasteiger partial charge in [0.05, 0.1) is 22.3 Å². The highest BCUT2D eigenvalue weighted by Crippen LogP contribution is 2.47. The molecule has 2 aliphatic heterocycles. The van der Waals surface area contributed by atoms with Crippen molar-refractivity contribution < 1.29 is 32.3 Å². The first-order valence-corrected chi connectivity index (χ1v) is 8.90. The molecule has 6 nitrogen and oxygen atoms in total. The van der Waals surface area contributed by atoms with E-state index in [1.165, 1.54) is 26.2 Å². The van der Waals surface area contributed by atoms with Gasteiger partial charge in [0.2, 0.25) is 0 Å². The Bertz CT molecular complexity index is 1090. The summed E-state index contributed by atoms with van der Waals surface area (Å²) in [4.78, 5) is 50.4. The van der Waals surface area contributed by atoms with Gasteiger partial charge in [0, 0.05) is 14.1 Å². The summed E-state index contributed by atoms with van der Waals surface area (Å²) in [6.45, 7) is 0.937. The number of alkyl halides is 3. The first-order chi connectivity index (χ1) is 13.9. The number of rotatable bonds is 2. The number of amides is 4. The summed E-state index contributed by atoms with van der Waals surface area (Å²) in [5.41, 5.74) is -3.25. The molecular formula is C21H15F3N2O4. The zero-order valence-corrected chi connectivity index (χ0v) is 16.1. The Labute approximate surface area is 168 Å². The van der Waals surface area contributed by atoms with Crippen molar-refractivity contribution in [1.29, 1.82) is 0 Å². The summed E-state index contributed by atoms with van der Waals surface area (Å²) in [5.74, 6) is -2.53. The number of carbonyl (C=O) groups excluding carboxylic acids is 4. The van der Waals surface area contributed by atoms with E-state index in [0.717, 1.165) is 41.0 Å². The lowest BCUT2D eigenvalue weighted by molar-refractivity contribution is -0.173. The Morgan fingerprint density at radius 2 is 0.967 bits per heavy atom. The maximum atomic E-state index is 14.4. The van der Waals surface area contributed by atoms with Crippen molar-refractivity contribution in [1.82, 2.24) is 9.80 Å². The Morgan fingerprint density at radius 3 is 1.30 bits per heavy atom. The van der Waals surface area contributed by atoms with Crippen LogP contribution in [-0.4, -0.2) is 53.7 Å². The molecule has 4 amide bonds. The number of imide groups is 2. The van der Waals surface area contributed by atoms with Gasteiger partial charge in [-0.1, -0.05) is 12.1 Å². The van der Waals surface area contributed by atoms with Crippen LogP contribution >= 0.6 is 0 Å². The molecule has 0 fully saturated rings. The molecule has 0 bridgehead atoms. The number of benzene rings is 2. The van der Waals surface area contributed by atoms with E-state index in [-0.39, 0.29) is 33.4 Å². The predicted molar refractivity (Wildman–Crippen MR) is 98.2 cm³/mol. The maximum absolute atomic E-state index is 14.4. The molecule has 2 aromatic rings. The van der Waals surface area contributed by atoms with E-state index >= 15 is 0 Å². The van der Waals surface area contributed by atoms with E-state index in [0.29, 0.717) is 0 Å². The number of fused-ring (bicyclic) bond motifs is 2. The van der Waals surface area contributed by atoms with Crippen LogP contribution in [0.25, 0.3) is 0 Å². The molecule has 4 rings (SSSR count). The van der Waals surface area contributed by atoms with Crippen LogP contribution < -0.4 is 0 Å². The highest BCUT2D eigenvalue weighted by Gasteiger charge is 2.54. The zero-order valence-electron chi connectivity index (χ0n) is 16.1. The van der Waals surface area contributed by atoms with Gasteiger partial charge in [-0.25, -0.2) is 0 Å². The molecular weight excluding hydrogens is 401 g/mol. The van der Waals surface area contributed by atoms with E-state index in [1.807, 2.05) is 0 Å². The van der Waals surface area contributed by atoms with E-state index in [2.05, 4.69) is 0 Å². The van der Waals surface area contributed by atoms with Crippen molar-refractivity contribution >= 4 is 23.6 Å². The van der Waals surface area contributed by atoms with Gasteiger partial charge in [0.1, 0.15) is 5.41 Å². The molecule has 0 unspecified atom stereocenters. The average Bonchev–Trinajstić information content (AvgIpc) is 3.06. The minimum absolute atomic E-state index is 0.0344. The summed E-state index contributed by atoms with van der Waals surface area (Å²) in [6, 6.07) is 6.85. The van der Waals surface area contributed by atoms with Gasteiger partial charge in [-0.2, -0.15) is 13.2 Å². The first kappa shape index (κ1) is 19.8. The summed E-state index contributed by atoms with van der Waals surface area (Å²) in [5, 5.41) is 0. The van der Waals surface area contributed by atoms with Crippen LogP contribution in [0.15, 0.2) is 36.4 Å². The van der Waals surface area contributed by atoms with Crippen molar-refractivity contribution in [3.63, 3.8) is 0 Å². The molecule has 0 saturated carbocycles. The lowest BCUT2D eigenvalue weighted by Crippen LogP contribution is -2.41. The standard InChI is InChI=1S/C21H15F3N2O4/c1-20(21(22,23)24,10-4-6-12-14(8-10)18(29)25(2)16(12)27)11-5-7-13-15(9-11)19(30)26(3)17(13)28/h4-9H,1-3H3. The Hall–Kier alpha value is -3.49. The fraction of sp³-hybridized carbons (Fsp3) is 0.238. The van der Waals surface area contributed by atoms with Crippen molar-refractivity contribution in [2.75, 3.05) is 14.1 Å². The van der Waals surface area contributed by atoms with Crippen LogP contribution in [0, 0.1) is 0 Å². The van der Waals surface area contributed by atoms with Crippen molar-refractivity contribution in [2.45, 2.75) is 18.5 Å². The highest BCUT2D eigenvalue weighted by atomic mass is 19.4. The molecule has 0 spiro atoms. The lowest BCUT2D eigenvalue weighted by Gasteiger charge is -2.33. The molecule has 0 saturated heterocycles. The molecule has 0 atom stereocenters. The molecule has 154 valence electrons. The quantitative estimate of drug-likeness (QED) is 0.706. The second-order valence-electron chi connectivity index (χ2n) is 7.48. The molecule has 2 heterocycles. The Balaban J connectivity index is 1.92. The molecule has 2 aliphatic rings. The number of carbonyl (C=O) groups is 4. The maximum Gasteiger partial charge on any atom is 0.402 e. The van der Waals surface area contributed by atoms with Crippen LogP contribution in [0.5, 0.6) is 0 Å².